The Balaban J connectivity index is 1.92. The summed E-state index contributed by atoms with van der Waals surface area (Å²) in [6, 6.07) is 13.0. The molecule has 0 spiro atoms. The topological polar surface area (TPSA) is 41.6 Å². The first-order valence-electron chi connectivity index (χ1n) is 6.71. The summed E-state index contributed by atoms with van der Waals surface area (Å²) >= 11 is 0. The van der Waals surface area contributed by atoms with Gasteiger partial charge in [0.15, 0.2) is 5.96 Å². The number of guanidine groups is 1. The van der Waals surface area contributed by atoms with Gasteiger partial charge in [-0.3, -0.25) is 4.99 Å². The molecule has 0 bridgehead atoms. The minimum absolute atomic E-state index is 0.0256. The van der Waals surface area contributed by atoms with Crippen LogP contribution < -0.4 is 5.73 Å². The third-order valence-electron chi connectivity index (χ3n) is 3.63. The van der Waals surface area contributed by atoms with Crippen molar-refractivity contribution >= 4 is 5.96 Å². The van der Waals surface area contributed by atoms with Gasteiger partial charge in [-0.1, -0.05) is 36.4 Å². The van der Waals surface area contributed by atoms with Crippen molar-refractivity contribution in [2.45, 2.75) is 12.6 Å². The Morgan fingerprint density at radius 2 is 1.71 bits per heavy atom. The highest BCUT2D eigenvalue weighted by atomic mass is 19.1. The summed E-state index contributed by atoms with van der Waals surface area (Å²) in [5, 5.41) is 0. The van der Waals surface area contributed by atoms with E-state index in [1.165, 1.54) is 18.2 Å². The van der Waals surface area contributed by atoms with E-state index in [0.29, 0.717) is 12.5 Å². The maximum Gasteiger partial charge on any atom is 0.192 e. The van der Waals surface area contributed by atoms with Gasteiger partial charge in [-0.25, -0.2) is 8.78 Å². The number of rotatable bonds is 3. The molecule has 1 unspecified atom stereocenters. The Kier molecular flexibility index (Phi) is 3.56. The molecule has 0 amide bonds. The number of nitrogens with zero attached hydrogens (tertiary/aromatic N) is 2. The van der Waals surface area contributed by atoms with Crippen molar-refractivity contribution in [3.63, 3.8) is 0 Å². The predicted octanol–water partition coefficient (Wildman–Crippen LogP) is 2.84. The van der Waals surface area contributed by atoms with Crippen LogP contribution in [0.2, 0.25) is 0 Å². The van der Waals surface area contributed by atoms with E-state index in [-0.39, 0.29) is 12.1 Å². The van der Waals surface area contributed by atoms with E-state index in [2.05, 4.69) is 4.99 Å². The third kappa shape index (κ3) is 2.59. The molecule has 1 heterocycles. The van der Waals surface area contributed by atoms with Crippen LogP contribution in [0.5, 0.6) is 0 Å². The molecule has 2 aromatic carbocycles. The molecule has 0 saturated heterocycles. The average molecular weight is 287 g/mol. The molecule has 0 saturated carbocycles. The molecule has 0 radical (unpaired) electrons. The minimum Gasteiger partial charge on any atom is -0.370 e. The molecule has 0 aromatic heterocycles. The first-order chi connectivity index (χ1) is 10.2. The van der Waals surface area contributed by atoms with Crippen LogP contribution in [-0.2, 0) is 6.54 Å². The Hall–Kier alpha value is -2.43. The van der Waals surface area contributed by atoms with E-state index in [1.807, 2.05) is 30.3 Å². The van der Waals surface area contributed by atoms with Crippen molar-refractivity contribution in [1.82, 2.24) is 4.90 Å². The fraction of sp³-hybridized carbons (Fsp3) is 0.188. The molecule has 0 aliphatic carbocycles. The van der Waals surface area contributed by atoms with E-state index in [0.717, 1.165) is 5.56 Å². The maximum atomic E-state index is 14.0. The number of aliphatic imine (C=N–C) groups is 1. The fourth-order valence-corrected chi connectivity index (χ4v) is 2.58. The van der Waals surface area contributed by atoms with Crippen LogP contribution in [0.15, 0.2) is 53.5 Å². The highest BCUT2D eigenvalue weighted by Gasteiger charge is 2.31. The summed E-state index contributed by atoms with van der Waals surface area (Å²) < 4.78 is 28.0. The summed E-state index contributed by atoms with van der Waals surface area (Å²) in [5.41, 5.74) is 6.92. The summed E-state index contributed by atoms with van der Waals surface area (Å²) in [7, 11) is 0. The van der Waals surface area contributed by atoms with Crippen LogP contribution in [0.1, 0.15) is 17.2 Å². The zero-order valence-electron chi connectivity index (χ0n) is 11.3. The Morgan fingerprint density at radius 3 is 2.38 bits per heavy atom. The highest BCUT2D eigenvalue weighted by Crippen LogP contribution is 2.30. The van der Waals surface area contributed by atoms with Crippen LogP contribution in [0.4, 0.5) is 8.78 Å². The standard InChI is InChI=1S/C16H15F2N3/c17-12-7-4-8-13(18)15(12)14-9-20-16(19)21(14)10-11-5-2-1-3-6-11/h1-8,14H,9-10H2,(H2,19,20). The highest BCUT2D eigenvalue weighted by molar-refractivity contribution is 5.80. The van der Waals surface area contributed by atoms with E-state index in [4.69, 9.17) is 5.73 Å². The van der Waals surface area contributed by atoms with Crippen molar-refractivity contribution in [1.29, 1.82) is 0 Å². The second-order valence-corrected chi connectivity index (χ2v) is 4.96. The molecule has 2 N–H and O–H groups in total. The van der Waals surface area contributed by atoms with Crippen molar-refractivity contribution in [2.75, 3.05) is 6.54 Å². The van der Waals surface area contributed by atoms with Crippen LogP contribution >= 0.6 is 0 Å². The van der Waals surface area contributed by atoms with Gasteiger partial charge in [-0.05, 0) is 17.7 Å². The molecule has 5 heteroatoms. The number of benzene rings is 2. The Bertz CT molecular complexity index is 650. The number of nitrogens with two attached hydrogens (primary N) is 1. The molecule has 1 atom stereocenters. The first kappa shape index (κ1) is 13.5. The van der Waals surface area contributed by atoms with Gasteiger partial charge in [0.1, 0.15) is 11.6 Å². The van der Waals surface area contributed by atoms with Crippen LogP contribution in [0.3, 0.4) is 0 Å². The Labute approximate surface area is 121 Å². The van der Waals surface area contributed by atoms with Crippen LogP contribution in [0, 0.1) is 11.6 Å². The van der Waals surface area contributed by atoms with Gasteiger partial charge >= 0.3 is 0 Å². The molecule has 0 fully saturated rings. The molecule has 1 aliphatic heterocycles. The lowest BCUT2D eigenvalue weighted by Gasteiger charge is -2.27. The summed E-state index contributed by atoms with van der Waals surface area (Å²) in [6.45, 7) is 0.727. The normalized spacial score (nSPS) is 17.9. The second kappa shape index (κ2) is 5.52. The van der Waals surface area contributed by atoms with Gasteiger partial charge in [0.25, 0.3) is 0 Å². The van der Waals surface area contributed by atoms with Crippen molar-refractivity contribution in [3.05, 3.63) is 71.3 Å². The lowest BCUT2D eigenvalue weighted by molar-refractivity contribution is 0.322. The zero-order chi connectivity index (χ0) is 14.8. The van der Waals surface area contributed by atoms with Gasteiger partial charge in [0.05, 0.1) is 12.6 Å². The minimum atomic E-state index is -0.567. The van der Waals surface area contributed by atoms with Crippen molar-refractivity contribution in [2.24, 2.45) is 10.7 Å². The maximum absolute atomic E-state index is 14.0. The average Bonchev–Trinajstić information content (AvgIpc) is 2.82. The molecule has 3 rings (SSSR count). The summed E-state index contributed by atoms with van der Waals surface area (Å²) in [4.78, 5) is 5.87. The van der Waals surface area contributed by atoms with E-state index >= 15 is 0 Å². The molecule has 1 aliphatic rings. The second-order valence-electron chi connectivity index (χ2n) is 4.96. The van der Waals surface area contributed by atoms with Gasteiger partial charge in [0, 0.05) is 12.1 Å². The molecular weight excluding hydrogens is 272 g/mol. The zero-order valence-corrected chi connectivity index (χ0v) is 11.3. The molecule has 21 heavy (non-hydrogen) atoms. The van der Waals surface area contributed by atoms with Crippen LogP contribution in [-0.4, -0.2) is 17.4 Å². The SMILES string of the molecule is NC1=NCC(c2c(F)cccc2F)N1Cc1ccccc1. The number of hydrogen-bond acceptors (Lipinski definition) is 3. The van der Waals surface area contributed by atoms with E-state index in [9.17, 15) is 8.78 Å². The monoisotopic (exact) mass is 287 g/mol. The van der Waals surface area contributed by atoms with Gasteiger partial charge in [0.2, 0.25) is 0 Å². The lowest BCUT2D eigenvalue weighted by Crippen LogP contribution is -2.36. The smallest absolute Gasteiger partial charge is 0.192 e. The third-order valence-corrected chi connectivity index (χ3v) is 3.63. The number of halogens is 2. The number of hydrogen-bond donors (Lipinski definition) is 1. The Morgan fingerprint density at radius 1 is 1.05 bits per heavy atom. The van der Waals surface area contributed by atoms with E-state index < -0.39 is 17.7 Å². The summed E-state index contributed by atoms with van der Waals surface area (Å²) in [5.74, 6) is -0.822. The van der Waals surface area contributed by atoms with Crippen LogP contribution in [0.25, 0.3) is 0 Å². The molecule has 108 valence electrons. The molecule has 3 nitrogen and oxygen atoms in total. The lowest BCUT2D eigenvalue weighted by atomic mass is 10.0. The summed E-state index contributed by atoms with van der Waals surface area (Å²) in [6.07, 6.45) is 0. The van der Waals surface area contributed by atoms with E-state index in [1.54, 1.807) is 4.90 Å². The quantitative estimate of drug-likeness (QED) is 0.943. The fourth-order valence-electron chi connectivity index (χ4n) is 2.58. The largest absolute Gasteiger partial charge is 0.370 e. The molecule has 2 aromatic rings. The van der Waals surface area contributed by atoms with Crippen molar-refractivity contribution < 1.29 is 8.78 Å². The first-order valence-corrected chi connectivity index (χ1v) is 6.71. The predicted molar refractivity (Wildman–Crippen MR) is 77.6 cm³/mol. The van der Waals surface area contributed by atoms with Gasteiger partial charge < -0.3 is 10.6 Å². The van der Waals surface area contributed by atoms with Crippen molar-refractivity contribution in [3.8, 4) is 0 Å². The van der Waals surface area contributed by atoms with Gasteiger partial charge in [-0.2, -0.15) is 0 Å². The van der Waals surface area contributed by atoms with Gasteiger partial charge in [-0.15, -0.1) is 0 Å². The molecular formula is C16H15F2N3.